The number of aryl methyl sites for hydroxylation is 1. The lowest BCUT2D eigenvalue weighted by Gasteiger charge is -2.36. The van der Waals surface area contributed by atoms with Gasteiger partial charge in [-0.25, -0.2) is 4.98 Å². The number of likely N-dealkylation sites (tertiary alicyclic amines) is 1. The Balaban J connectivity index is 1.73. The Morgan fingerprint density at radius 3 is 2.38 bits per heavy atom. The first-order chi connectivity index (χ1) is 17.3. The molecule has 8 nitrogen and oxygen atoms in total. The molecule has 3 rings (SSSR count). The summed E-state index contributed by atoms with van der Waals surface area (Å²) in [5.41, 5.74) is 4.20. The molecule has 1 saturated heterocycles. The van der Waals surface area contributed by atoms with Crippen molar-refractivity contribution in [2.75, 3.05) is 12.3 Å². The number of benzene rings is 1. The van der Waals surface area contributed by atoms with Gasteiger partial charge in [0.15, 0.2) is 0 Å². The van der Waals surface area contributed by atoms with Crippen LogP contribution in [0.1, 0.15) is 58.3 Å². The summed E-state index contributed by atoms with van der Waals surface area (Å²) in [6, 6.07) is 6.00. The molecular formula is C27H38N4O4S2. The second-order valence-corrected chi connectivity index (χ2v) is 12.1. The summed E-state index contributed by atoms with van der Waals surface area (Å²) in [7, 11) is 0. The van der Waals surface area contributed by atoms with Crippen LogP contribution in [0, 0.1) is 18.3 Å². The predicted octanol–water partition coefficient (Wildman–Crippen LogP) is 3.35. The fourth-order valence-electron chi connectivity index (χ4n) is 4.38. The second-order valence-electron chi connectivity index (χ2n) is 10.9. The first-order valence-electron chi connectivity index (χ1n) is 12.5. The van der Waals surface area contributed by atoms with Gasteiger partial charge in [-0.05, 0) is 30.4 Å². The number of thiol groups is 1. The number of hydrogen-bond acceptors (Lipinski definition) is 7. The van der Waals surface area contributed by atoms with Gasteiger partial charge in [-0.1, -0.05) is 52.0 Å². The number of thiazole rings is 1. The summed E-state index contributed by atoms with van der Waals surface area (Å²) in [5, 5.41) is 16.2. The number of aliphatic hydroxyl groups excluding tert-OH is 1. The molecule has 1 fully saturated rings. The number of amides is 3. The Labute approximate surface area is 228 Å². The number of rotatable bonds is 8. The number of aliphatic hydroxyl groups is 1. The van der Waals surface area contributed by atoms with E-state index in [-0.39, 0.29) is 42.6 Å². The Morgan fingerprint density at radius 1 is 1.19 bits per heavy atom. The molecule has 1 aliphatic rings. The van der Waals surface area contributed by atoms with Crippen LogP contribution in [0.4, 0.5) is 0 Å². The molecule has 2 aromatic rings. The van der Waals surface area contributed by atoms with Crippen LogP contribution in [0.15, 0.2) is 29.8 Å². The zero-order valence-corrected chi connectivity index (χ0v) is 24.0. The van der Waals surface area contributed by atoms with Crippen molar-refractivity contribution in [3.8, 4) is 10.4 Å². The number of carbonyl (C=O) groups is 3. The zero-order chi connectivity index (χ0) is 27.5. The van der Waals surface area contributed by atoms with E-state index in [2.05, 4.69) is 28.2 Å². The number of nitrogens with one attached hydrogen (secondary N) is 2. The van der Waals surface area contributed by atoms with Gasteiger partial charge in [0.25, 0.3) is 0 Å². The first kappa shape index (κ1) is 29.1. The number of aromatic nitrogens is 1. The molecule has 2 heterocycles. The first-order valence-corrected chi connectivity index (χ1v) is 14.0. The van der Waals surface area contributed by atoms with Crippen LogP contribution in [-0.2, 0) is 14.4 Å². The number of hydrogen-bond donors (Lipinski definition) is 4. The third-order valence-corrected chi connectivity index (χ3v) is 8.29. The largest absolute Gasteiger partial charge is 0.391 e. The van der Waals surface area contributed by atoms with Gasteiger partial charge in [0.1, 0.15) is 12.1 Å². The molecule has 0 aliphatic carbocycles. The van der Waals surface area contributed by atoms with Gasteiger partial charge in [-0.2, -0.15) is 12.6 Å². The highest BCUT2D eigenvalue weighted by Crippen LogP contribution is 2.29. The zero-order valence-electron chi connectivity index (χ0n) is 22.3. The average molecular weight is 547 g/mol. The maximum absolute atomic E-state index is 13.6. The Morgan fingerprint density at radius 2 is 1.84 bits per heavy atom. The van der Waals surface area contributed by atoms with Gasteiger partial charge in [0.2, 0.25) is 17.7 Å². The number of β-amino-alcohol motifs (C(OH)–C–C–N with tert-alkyl or cyclic N) is 1. The fraction of sp³-hybridized carbons (Fsp3) is 0.556. The van der Waals surface area contributed by atoms with E-state index >= 15 is 0 Å². The van der Waals surface area contributed by atoms with Crippen molar-refractivity contribution in [1.82, 2.24) is 20.5 Å². The van der Waals surface area contributed by atoms with Crippen molar-refractivity contribution in [2.24, 2.45) is 11.3 Å². The van der Waals surface area contributed by atoms with Crippen LogP contribution in [0.25, 0.3) is 10.4 Å². The number of carbonyl (C=O) groups excluding carboxylic acids is 3. The molecule has 3 N–H and O–H groups in total. The van der Waals surface area contributed by atoms with Crippen molar-refractivity contribution < 1.29 is 19.5 Å². The lowest BCUT2D eigenvalue weighted by atomic mass is 9.85. The summed E-state index contributed by atoms with van der Waals surface area (Å²) in [5.74, 6) is -0.984. The summed E-state index contributed by atoms with van der Waals surface area (Å²) in [4.78, 5) is 46.4. The highest BCUT2D eigenvalue weighted by Gasteiger charge is 2.44. The van der Waals surface area contributed by atoms with Crippen molar-refractivity contribution in [1.29, 1.82) is 0 Å². The lowest BCUT2D eigenvalue weighted by Crippen LogP contribution is -2.58. The topological polar surface area (TPSA) is 112 Å². The van der Waals surface area contributed by atoms with E-state index in [4.69, 9.17) is 0 Å². The summed E-state index contributed by atoms with van der Waals surface area (Å²) in [6.45, 7) is 11.2. The quantitative estimate of drug-likeness (QED) is 0.380. The SMILES string of the molecule is Cc1ncsc1-c1ccc([C@H](C)NC(=O)[C@@H]2C[C@@H](O)CN2C(=O)[C@@H](NC(=O)C(C)CS)C(C)(C)C)cc1. The van der Waals surface area contributed by atoms with E-state index in [0.29, 0.717) is 5.75 Å². The minimum atomic E-state index is -0.844. The molecule has 1 unspecified atom stereocenters. The third kappa shape index (κ3) is 6.91. The van der Waals surface area contributed by atoms with Crippen molar-refractivity contribution in [2.45, 2.75) is 72.2 Å². The van der Waals surface area contributed by atoms with Crippen LogP contribution in [0.3, 0.4) is 0 Å². The standard InChI is InChI=1S/C27H38N4O4S2/c1-15(13-36)24(33)30-23(27(4,5)6)26(35)31-12-20(32)11-21(31)25(34)29-16(2)18-7-9-19(10-8-18)22-17(3)28-14-37-22/h7-10,14-16,20-21,23,32,36H,11-13H2,1-6H3,(H,29,34)(H,30,33)/t15?,16-,20+,21-,23+/m0/s1. The molecule has 37 heavy (non-hydrogen) atoms. The molecule has 202 valence electrons. The minimum Gasteiger partial charge on any atom is -0.391 e. The predicted molar refractivity (Wildman–Crippen MR) is 149 cm³/mol. The minimum absolute atomic E-state index is 0.0404. The maximum atomic E-state index is 13.6. The van der Waals surface area contributed by atoms with Crippen LogP contribution in [0.2, 0.25) is 0 Å². The molecule has 1 aromatic heterocycles. The van der Waals surface area contributed by atoms with Gasteiger partial charge in [0.05, 0.1) is 28.2 Å². The average Bonchev–Trinajstić information content (AvgIpc) is 3.46. The van der Waals surface area contributed by atoms with Crippen LogP contribution >= 0.6 is 24.0 Å². The van der Waals surface area contributed by atoms with Gasteiger partial charge < -0.3 is 20.6 Å². The molecule has 0 spiro atoms. The van der Waals surface area contributed by atoms with E-state index in [1.807, 2.05) is 64.4 Å². The van der Waals surface area contributed by atoms with E-state index in [0.717, 1.165) is 21.7 Å². The molecule has 1 aliphatic heterocycles. The van der Waals surface area contributed by atoms with Crippen LogP contribution < -0.4 is 10.6 Å². The van der Waals surface area contributed by atoms with Crippen molar-refractivity contribution >= 4 is 41.7 Å². The fourth-order valence-corrected chi connectivity index (χ4v) is 5.36. The smallest absolute Gasteiger partial charge is 0.246 e. The molecule has 5 atom stereocenters. The molecule has 0 bridgehead atoms. The van der Waals surface area contributed by atoms with E-state index in [1.54, 1.807) is 18.3 Å². The Kier molecular flexibility index (Phi) is 9.42. The summed E-state index contributed by atoms with van der Waals surface area (Å²) < 4.78 is 0. The van der Waals surface area contributed by atoms with Gasteiger partial charge in [-0.15, -0.1) is 11.3 Å². The van der Waals surface area contributed by atoms with E-state index < -0.39 is 23.6 Å². The highest BCUT2D eigenvalue weighted by molar-refractivity contribution is 7.80. The highest BCUT2D eigenvalue weighted by atomic mass is 32.1. The molecule has 3 amide bonds. The Hall–Kier alpha value is -2.43. The second kappa shape index (κ2) is 12.0. The van der Waals surface area contributed by atoms with Crippen molar-refractivity contribution in [3.05, 3.63) is 41.0 Å². The van der Waals surface area contributed by atoms with Gasteiger partial charge in [0, 0.05) is 24.6 Å². The molecule has 1 aromatic carbocycles. The normalized spacial score (nSPS) is 20.3. The molecule has 10 heteroatoms. The summed E-state index contributed by atoms with van der Waals surface area (Å²) >= 11 is 5.77. The molecule has 0 saturated carbocycles. The van der Waals surface area contributed by atoms with Gasteiger partial charge in [-0.3, -0.25) is 14.4 Å². The monoisotopic (exact) mass is 546 g/mol. The van der Waals surface area contributed by atoms with Crippen LogP contribution in [0.5, 0.6) is 0 Å². The molecular weight excluding hydrogens is 508 g/mol. The van der Waals surface area contributed by atoms with E-state index in [9.17, 15) is 19.5 Å². The summed E-state index contributed by atoms with van der Waals surface area (Å²) in [6.07, 6.45) is -0.671. The van der Waals surface area contributed by atoms with Crippen LogP contribution in [-0.4, -0.2) is 63.2 Å². The maximum Gasteiger partial charge on any atom is 0.246 e. The third-order valence-electron chi connectivity index (χ3n) is 6.76. The Bertz CT molecular complexity index is 1110. The number of nitrogens with zero attached hydrogens (tertiary/aromatic N) is 2. The molecule has 0 radical (unpaired) electrons. The lowest BCUT2D eigenvalue weighted by molar-refractivity contribution is -0.144. The van der Waals surface area contributed by atoms with Gasteiger partial charge >= 0.3 is 0 Å². The van der Waals surface area contributed by atoms with E-state index in [1.165, 1.54) is 4.90 Å². The van der Waals surface area contributed by atoms with Crippen molar-refractivity contribution in [3.63, 3.8) is 0 Å².